The Morgan fingerprint density at radius 1 is 1.00 bits per heavy atom. The zero-order chi connectivity index (χ0) is 12.0. The quantitative estimate of drug-likeness (QED) is 0.740. The Kier molecular flexibility index (Phi) is 4.85. The maximum Gasteiger partial charge on any atom is 0.115 e. The summed E-state index contributed by atoms with van der Waals surface area (Å²) in [7, 11) is 0. The monoisotopic (exact) mass is 220 g/mol. The van der Waals surface area contributed by atoms with Crippen LogP contribution in [0.1, 0.15) is 58.4 Å². The second-order valence-electron chi connectivity index (χ2n) is 4.96. The molecule has 1 aromatic rings. The smallest absolute Gasteiger partial charge is 0.115 e. The summed E-state index contributed by atoms with van der Waals surface area (Å²) < 4.78 is 0. The highest BCUT2D eigenvalue weighted by Crippen LogP contribution is 2.34. The van der Waals surface area contributed by atoms with Crippen LogP contribution in [0.25, 0.3) is 0 Å². The van der Waals surface area contributed by atoms with Crippen LogP contribution in [0.15, 0.2) is 24.3 Å². The molecule has 0 aliphatic heterocycles. The topological polar surface area (TPSA) is 20.2 Å². The molecule has 90 valence electrons. The number of phenols is 1. The summed E-state index contributed by atoms with van der Waals surface area (Å²) in [4.78, 5) is 0. The van der Waals surface area contributed by atoms with E-state index in [2.05, 4.69) is 32.9 Å². The van der Waals surface area contributed by atoms with Crippen molar-refractivity contribution in [1.29, 1.82) is 0 Å². The van der Waals surface area contributed by atoms with Gasteiger partial charge in [0.15, 0.2) is 0 Å². The van der Waals surface area contributed by atoms with Crippen molar-refractivity contribution in [3.05, 3.63) is 29.8 Å². The van der Waals surface area contributed by atoms with E-state index < -0.39 is 0 Å². The molecule has 16 heavy (non-hydrogen) atoms. The van der Waals surface area contributed by atoms with Crippen LogP contribution in [-0.4, -0.2) is 5.11 Å². The summed E-state index contributed by atoms with van der Waals surface area (Å²) in [5.74, 6) is 0.359. The molecule has 0 spiro atoms. The molecular formula is C15H24O. The summed E-state index contributed by atoms with van der Waals surface area (Å²) in [6.45, 7) is 6.83. The maximum absolute atomic E-state index is 9.33. The highest BCUT2D eigenvalue weighted by molar-refractivity contribution is 5.31. The van der Waals surface area contributed by atoms with Crippen LogP contribution < -0.4 is 0 Å². The Morgan fingerprint density at radius 2 is 1.62 bits per heavy atom. The summed E-state index contributed by atoms with van der Waals surface area (Å²) in [5.41, 5.74) is 1.64. The lowest BCUT2D eigenvalue weighted by Crippen LogP contribution is -2.21. The number of phenolic OH excluding ortho intramolecular Hbond substituents is 1. The zero-order valence-electron chi connectivity index (χ0n) is 10.8. The SMILES string of the molecule is CCCCC(C)(CCC)c1ccc(O)cc1. The summed E-state index contributed by atoms with van der Waals surface area (Å²) in [6.07, 6.45) is 6.19. The number of benzene rings is 1. The molecule has 0 bridgehead atoms. The Balaban J connectivity index is 2.86. The van der Waals surface area contributed by atoms with Crippen LogP contribution in [0, 0.1) is 0 Å². The van der Waals surface area contributed by atoms with E-state index in [1.165, 1.54) is 37.7 Å². The summed E-state index contributed by atoms with van der Waals surface area (Å²) in [6, 6.07) is 7.74. The van der Waals surface area contributed by atoms with E-state index in [9.17, 15) is 5.11 Å². The highest BCUT2D eigenvalue weighted by Gasteiger charge is 2.24. The van der Waals surface area contributed by atoms with Crippen LogP contribution in [-0.2, 0) is 5.41 Å². The standard InChI is InChI=1S/C15H24O/c1-4-6-12-15(3,11-5-2)13-7-9-14(16)10-8-13/h7-10,16H,4-6,11-12H2,1-3H3. The third kappa shape index (κ3) is 3.26. The maximum atomic E-state index is 9.33. The van der Waals surface area contributed by atoms with Gasteiger partial charge in [-0.3, -0.25) is 0 Å². The van der Waals surface area contributed by atoms with Crippen LogP contribution in [0.4, 0.5) is 0 Å². The first-order valence-electron chi connectivity index (χ1n) is 6.42. The molecule has 1 N–H and O–H groups in total. The lowest BCUT2D eigenvalue weighted by atomic mass is 9.75. The van der Waals surface area contributed by atoms with E-state index >= 15 is 0 Å². The van der Waals surface area contributed by atoms with Crippen molar-refractivity contribution in [3.63, 3.8) is 0 Å². The molecule has 1 aromatic carbocycles. The fourth-order valence-electron chi connectivity index (χ4n) is 2.40. The van der Waals surface area contributed by atoms with Crippen LogP contribution in [0.2, 0.25) is 0 Å². The zero-order valence-corrected chi connectivity index (χ0v) is 10.8. The molecule has 0 fully saturated rings. The largest absolute Gasteiger partial charge is 0.508 e. The van der Waals surface area contributed by atoms with Gasteiger partial charge in [0.2, 0.25) is 0 Å². The van der Waals surface area contributed by atoms with Crippen molar-refractivity contribution in [2.45, 2.75) is 58.3 Å². The van der Waals surface area contributed by atoms with Crippen molar-refractivity contribution in [2.24, 2.45) is 0 Å². The lowest BCUT2D eigenvalue weighted by Gasteiger charge is -2.30. The van der Waals surface area contributed by atoms with Gasteiger partial charge in [-0.05, 0) is 36.0 Å². The number of hydrogen-bond acceptors (Lipinski definition) is 1. The first-order chi connectivity index (χ1) is 7.62. The second-order valence-corrected chi connectivity index (χ2v) is 4.96. The molecule has 0 saturated carbocycles. The Morgan fingerprint density at radius 3 is 2.12 bits per heavy atom. The van der Waals surface area contributed by atoms with E-state index in [0.29, 0.717) is 5.75 Å². The number of aromatic hydroxyl groups is 1. The summed E-state index contributed by atoms with van der Waals surface area (Å²) >= 11 is 0. The summed E-state index contributed by atoms with van der Waals surface area (Å²) in [5, 5.41) is 9.33. The van der Waals surface area contributed by atoms with Crippen molar-refractivity contribution >= 4 is 0 Å². The lowest BCUT2D eigenvalue weighted by molar-refractivity contribution is 0.382. The van der Waals surface area contributed by atoms with Gasteiger partial charge in [0.1, 0.15) is 5.75 Å². The fourth-order valence-corrected chi connectivity index (χ4v) is 2.40. The molecule has 0 amide bonds. The Bertz CT molecular complexity index is 302. The minimum absolute atomic E-state index is 0.276. The number of rotatable bonds is 6. The van der Waals surface area contributed by atoms with E-state index in [0.717, 1.165) is 0 Å². The van der Waals surface area contributed by atoms with Gasteiger partial charge in [-0.2, -0.15) is 0 Å². The van der Waals surface area contributed by atoms with E-state index in [-0.39, 0.29) is 5.41 Å². The van der Waals surface area contributed by atoms with Crippen LogP contribution in [0.3, 0.4) is 0 Å². The van der Waals surface area contributed by atoms with Crippen LogP contribution in [0.5, 0.6) is 5.75 Å². The first kappa shape index (κ1) is 13.1. The molecular weight excluding hydrogens is 196 g/mol. The van der Waals surface area contributed by atoms with Gasteiger partial charge < -0.3 is 5.11 Å². The Labute approximate surface area is 99.5 Å². The predicted octanol–water partition coefficient (Wildman–Crippen LogP) is 4.64. The molecule has 1 rings (SSSR count). The van der Waals surface area contributed by atoms with Gasteiger partial charge in [0.05, 0.1) is 0 Å². The van der Waals surface area contributed by atoms with Gasteiger partial charge in [-0.15, -0.1) is 0 Å². The molecule has 1 atom stereocenters. The minimum Gasteiger partial charge on any atom is -0.508 e. The fraction of sp³-hybridized carbons (Fsp3) is 0.600. The van der Waals surface area contributed by atoms with Gasteiger partial charge in [0, 0.05) is 0 Å². The third-order valence-electron chi connectivity index (χ3n) is 3.45. The second kappa shape index (κ2) is 5.93. The predicted molar refractivity (Wildman–Crippen MR) is 69.9 cm³/mol. The van der Waals surface area contributed by atoms with Crippen molar-refractivity contribution < 1.29 is 5.11 Å². The minimum atomic E-state index is 0.276. The Hall–Kier alpha value is -0.980. The van der Waals surface area contributed by atoms with Crippen molar-refractivity contribution in [3.8, 4) is 5.75 Å². The van der Waals surface area contributed by atoms with Crippen molar-refractivity contribution in [2.75, 3.05) is 0 Å². The average molecular weight is 220 g/mol. The molecule has 0 aliphatic rings. The normalized spacial score (nSPS) is 14.7. The number of unbranched alkanes of at least 4 members (excludes halogenated alkanes) is 1. The van der Waals surface area contributed by atoms with Gasteiger partial charge in [0.25, 0.3) is 0 Å². The van der Waals surface area contributed by atoms with E-state index in [1.807, 2.05) is 0 Å². The molecule has 0 aromatic heterocycles. The molecule has 1 unspecified atom stereocenters. The van der Waals surface area contributed by atoms with Gasteiger partial charge in [-0.1, -0.05) is 52.2 Å². The molecule has 0 aliphatic carbocycles. The van der Waals surface area contributed by atoms with E-state index in [1.54, 1.807) is 12.1 Å². The van der Waals surface area contributed by atoms with Crippen molar-refractivity contribution in [1.82, 2.24) is 0 Å². The molecule has 0 heterocycles. The van der Waals surface area contributed by atoms with Gasteiger partial charge in [-0.25, -0.2) is 0 Å². The third-order valence-corrected chi connectivity index (χ3v) is 3.45. The first-order valence-corrected chi connectivity index (χ1v) is 6.42. The highest BCUT2D eigenvalue weighted by atomic mass is 16.3. The number of hydrogen-bond donors (Lipinski definition) is 1. The molecule has 1 heteroatoms. The van der Waals surface area contributed by atoms with Crippen LogP contribution >= 0.6 is 0 Å². The molecule has 0 radical (unpaired) electrons. The van der Waals surface area contributed by atoms with E-state index in [4.69, 9.17) is 0 Å². The molecule has 0 saturated heterocycles. The average Bonchev–Trinajstić information content (AvgIpc) is 2.27. The molecule has 1 nitrogen and oxygen atoms in total. The van der Waals surface area contributed by atoms with Gasteiger partial charge >= 0.3 is 0 Å².